The number of nitrogens with zero attached hydrogens (tertiary/aromatic N) is 2. The Morgan fingerprint density at radius 1 is 1.53 bits per heavy atom. The summed E-state index contributed by atoms with van der Waals surface area (Å²) in [6, 6.07) is 2.25. The van der Waals surface area contributed by atoms with E-state index in [4.69, 9.17) is 4.74 Å². The second kappa shape index (κ2) is 5.61. The van der Waals surface area contributed by atoms with E-state index < -0.39 is 5.97 Å². The van der Waals surface area contributed by atoms with Crippen LogP contribution in [-0.2, 0) is 4.74 Å². The van der Waals surface area contributed by atoms with E-state index in [0.717, 1.165) is 0 Å². The Bertz CT molecular complexity index is 389. The first-order valence-corrected chi connectivity index (χ1v) is 6.06. The summed E-state index contributed by atoms with van der Waals surface area (Å²) in [5.41, 5.74) is 0. The summed E-state index contributed by atoms with van der Waals surface area (Å²) in [4.78, 5) is 19.5. The number of hydrogen-bond acceptors (Lipinski definition) is 5. The molecule has 1 heterocycles. The van der Waals surface area contributed by atoms with E-state index in [1.165, 1.54) is 25.7 Å². The van der Waals surface area contributed by atoms with Gasteiger partial charge in [0.05, 0.1) is 6.61 Å². The summed E-state index contributed by atoms with van der Waals surface area (Å²) in [7, 11) is 0. The molecule has 1 N–H and O–H groups in total. The van der Waals surface area contributed by atoms with Crippen molar-refractivity contribution in [2.45, 2.75) is 38.6 Å². The zero-order chi connectivity index (χ0) is 12.1. The maximum Gasteiger partial charge on any atom is 0.376 e. The van der Waals surface area contributed by atoms with Gasteiger partial charge in [-0.3, -0.25) is 0 Å². The van der Waals surface area contributed by atoms with Crippen molar-refractivity contribution in [3.05, 3.63) is 18.1 Å². The SMILES string of the molecule is CCOC(=O)c1nccc(NC2CCCC2)n1. The molecule has 1 aromatic heterocycles. The van der Waals surface area contributed by atoms with E-state index in [1.54, 1.807) is 19.2 Å². The second-order valence-corrected chi connectivity index (χ2v) is 4.11. The first-order chi connectivity index (χ1) is 8.29. The maximum atomic E-state index is 11.5. The normalized spacial score (nSPS) is 15.8. The van der Waals surface area contributed by atoms with Gasteiger partial charge in [0.2, 0.25) is 5.82 Å². The highest BCUT2D eigenvalue weighted by molar-refractivity contribution is 5.85. The molecule has 0 aliphatic heterocycles. The first-order valence-electron chi connectivity index (χ1n) is 6.06. The lowest BCUT2D eigenvalue weighted by Crippen LogP contribution is -2.17. The minimum absolute atomic E-state index is 0.120. The van der Waals surface area contributed by atoms with Gasteiger partial charge in [-0.05, 0) is 25.8 Å². The maximum absolute atomic E-state index is 11.5. The van der Waals surface area contributed by atoms with E-state index in [9.17, 15) is 4.79 Å². The number of ether oxygens (including phenoxy) is 1. The summed E-state index contributed by atoms with van der Waals surface area (Å²) < 4.78 is 4.86. The van der Waals surface area contributed by atoms with Crippen LogP contribution in [0.25, 0.3) is 0 Å². The van der Waals surface area contributed by atoms with Crippen LogP contribution < -0.4 is 5.32 Å². The Balaban J connectivity index is 2.02. The lowest BCUT2D eigenvalue weighted by molar-refractivity contribution is 0.0512. The standard InChI is InChI=1S/C12H17N3O2/c1-2-17-12(16)11-13-8-7-10(15-11)14-9-5-3-4-6-9/h7-9H,2-6H2,1H3,(H,13,14,15). The molecule has 0 bridgehead atoms. The molecular weight excluding hydrogens is 218 g/mol. The lowest BCUT2D eigenvalue weighted by atomic mass is 10.2. The average molecular weight is 235 g/mol. The number of carbonyl (C=O) groups excluding carboxylic acids is 1. The number of hydrogen-bond donors (Lipinski definition) is 1. The van der Waals surface area contributed by atoms with E-state index in [1.807, 2.05) is 0 Å². The monoisotopic (exact) mass is 235 g/mol. The third-order valence-corrected chi connectivity index (χ3v) is 2.82. The van der Waals surface area contributed by atoms with E-state index >= 15 is 0 Å². The third-order valence-electron chi connectivity index (χ3n) is 2.82. The van der Waals surface area contributed by atoms with Crippen molar-refractivity contribution < 1.29 is 9.53 Å². The molecule has 0 radical (unpaired) electrons. The zero-order valence-electron chi connectivity index (χ0n) is 9.98. The number of rotatable bonds is 4. The topological polar surface area (TPSA) is 64.1 Å². The van der Waals surface area contributed by atoms with Gasteiger partial charge in [0.1, 0.15) is 5.82 Å². The molecule has 17 heavy (non-hydrogen) atoms. The zero-order valence-corrected chi connectivity index (χ0v) is 9.98. The minimum atomic E-state index is -0.470. The van der Waals surface area contributed by atoms with Gasteiger partial charge in [-0.15, -0.1) is 0 Å². The molecule has 2 rings (SSSR count). The number of carbonyl (C=O) groups is 1. The summed E-state index contributed by atoms with van der Waals surface area (Å²) in [5.74, 6) is 0.354. The van der Waals surface area contributed by atoms with Crippen molar-refractivity contribution in [3.63, 3.8) is 0 Å². The number of nitrogens with one attached hydrogen (secondary N) is 1. The summed E-state index contributed by atoms with van der Waals surface area (Å²) in [5, 5.41) is 3.32. The highest BCUT2D eigenvalue weighted by Crippen LogP contribution is 2.21. The molecule has 0 spiro atoms. The van der Waals surface area contributed by atoms with Gasteiger partial charge in [-0.25, -0.2) is 14.8 Å². The van der Waals surface area contributed by atoms with Crippen LogP contribution in [0.15, 0.2) is 12.3 Å². The van der Waals surface area contributed by atoms with Crippen LogP contribution in [0.1, 0.15) is 43.2 Å². The van der Waals surface area contributed by atoms with E-state index in [0.29, 0.717) is 18.5 Å². The van der Waals surface area contributed by atoms with Crippen LogP contribution in [0.4, 0.5) is 5.82 Å². The number of aromatic nitrogens is 2. The van der Waals surface area contributed by atoms with Crippen LogP contribution in [0.5, 0.6) is 0 Å². The summed E-state index contributed by atoms with van der Waals surface area (Å²) >= 11 is 0. The predicted molar refractivity (Wildman–Crippen MR) is 63.9 cm³/mol. The molecule has 5 heteroatoms. The molecular formula is C12H17N3O2. The van der Waals surface area contributed by atoms with Crippen LogP contribution in [0, 0.1) is 0 Å². The van der Waals surface area contributed by atoms with Gasteiger partial charge in [-0.1, -0.05) is 12.8 Å². The fourth-order valence-corrected chi connectivity index (χ4v) is 2.01. The Morgan fingerprint density at radius 3 is 3.00 bits per heavy atom. The smallest absolute Gasteiger partial charge is 0.376 e. The van der Waals surface area contributed by atoms with Gasteiger partial charge in [0.25, 0.3) is 0 Å². The lowest BCUT2D eigenvalue weighted by Gasteiger charge is -2.12. The fourth-order valence-electron chi connectivity index (χ4n) is 2.01. The molecule has 0 saturated heterocycles. The van der Waals surface area contributed by atoms with Gasteiger partial charge in [-0.2, -0.15) is 0 Å². The van der Waals surface area contributed by atoms with Gasteiger partial charge in [0.15, 0.2) is 0 Å². The molecule has 92 valence electrons. The fraction of sp³-hybridized carbons (Fsp3) is 0.583. The summed E-state index contributed by atoms with van der Waals surface area (Å²) in [6.45, 7) is 2.10. The Morgan fingerprint density at radius 2 is 2.29 bits per heavy atom. The van der Waals surface area contributed by atoms with E-state index in [2.05, 4.69) is 15.3 Å². The van der Waals surface area contributed by atoms with Crippen molar-refractivity contribution >= 4 is 11.8 Å². The molecule has 0 aromatic carbocycles. The number of esters is 1. The largest absolute Gasteiger partial charge is 0.460 e. The Labute approximate surface area is 101 Å². The average Bonchev–Trinajstić information content (AvgIpc) is 2.82. The van der Waals surface area contributed by atoms with Crippen LogP contribution >= 0.6 is 0 Å². The van der Waals surface area contributed by atoms with Gasteiger partial charge in [0, 0.05) is 12.2 Å². The van der Waals surface area contributed by atoms with Crippen molar-refractivity contribution in [3.8, 4) is 0 Å². The molecule has 0 amide bonds. The van der Waals surface area contributed by atoms with Crippen molar-refractivity contribution in [2.24, 2.45) is 0 Å². The minimum Gasteiger partial charge on any atom is -0.460 e. The Hall–Kier alpha value is -1.65. The molecule has 5 nitrogen and oxygen atoms in total. The molecule has 1 saturated carbocycles. The van der Waals surface area contributed by atoms with Crippen molar-refractivity contribution in [1.29, 1.82) is 0 Å². The first kappa shape index (κ1) is 11.8. The molecule has 1 aliphatic rings. The van der Waals surface area contributed by atoms with Crippen molar-refractivity contribution in [2.75, 3.05) is 11.9 Å². The molecule has 1 aliphatic carbocycles. The molecule has 1 fully saturated rings. The van der Waals surface area contributed by atoms with Gasteiger partial charge >= 0.3 is 5.97 Å². The third kappa shape index (κ3) is 3.15. The van der Waals surface area contributed by atoms with Crippen LogP contribution in [0.2, 0.25) is 0 Å². The highest BCUT2D eigenvalue weighted by Gasteiger charge is 2.16. The quantitative estimate of drug-likeness (QED) is 0.809. The van der Waals surface area contributed by atoms with Gasteiger partial charge < -0.3 is 10.1 Å². The molecule has 0 unspecified atom stereocenters. The summed E-state index contributed by atoms with van der Waals surface area (Å²) in [6.07, 6.45) is 6.43. The molecule has 0 atom stereocenters. The number of anilines is 1. The second-order valence-electron chi connectivity index (χ2n) is 4.11. The van der Waals surface area contributed by atoms with Crippen LogP contribution in [0.3, 0.4) is 0 Å². The van der Waals surface area contributed by atoms with E-state index in [-0.39, 0.29) is 5.82 Å². The molecule has 1 aromatic rings. The van der Waals surface area contributed by atoms with Crippen molar-refractivity contribution in [1.82, 2.24) is 9.97 Å². The van der Waals surface area contributed by atoms with Crippen LogP contribution in [-0.4, -0.2) is 28.6 Å². The Kier molecular flexibility index (Phi) is 3.90. The predicted octanol–water partition coefficient (Wildman–Crippen LogP) is 2.01. The highest BCUT2D eigenvalue weighted by atomic mass is 16.5.